The van der Waals surface area contributed by atoms with E-state index in [2.05, 4.69) is 10.3 Å². The molecule has 7 nitrogen and oxygen atoms in total. The van der Waals surface area contributed by atoms with Crippen molar-refractivity contribution in [2.45, 2.75) is 19.8 Å². The van der Waals surface area contributed by atoms with Gasteiger partial charge in [0.15, 0.2) is 5.82 Å². The van der Waals surface area contributed by atoms with Crippen LogP contribution in [-0.4, -0.2) is 37.8 Å². The van der Waals surface area contributed by atoms with E-state index in [4.69, 9.17) is 15.2 Å². The minimum Gasteiger partial charge on any atom is -0.497 e. The maximum atomic E-state index is 14.3. The molecule has 1 aromatic rings. The summed E-state index contributed by atoms with van der Waals surface area (Å²) in [5.74, 6) is -1.51. The molecule has 1 aliphatic carbocycles. The van der Waals surface area contributed by atoms with Crippen LogP contribution in [-0.2, 0) is 14.3 Å². The molecule has 26 heavy (non-hydrogen) atoms. The average molecular weight is 361 g/mol. The van der Waals surface area contributed by atoms with Crippen LogP contribution < -0.4 is 15.8 Å². The van der Waals surface area contributed by atoms with Crippen molar-refractivity contribution in [2.75, 3.05) is 20.3 Å². The lowest BCUT2D eigenvalue weighted by Crippen LogP contribution is -2.46. The number of carbonyl (C=O) groups is 2. The van der Waals surface area contributed by atoms with Gasteiger partial charge in [0, 0.05) is 23.6 Å². The number of hydrogen-bond donors (Lipinski definition) is 2. The Morgan fingerprint density at radius 2 is 2.15 bits per heavy atom. The lowest BCUT2D eigenvalue weighted by Gasteiger charge is -2.28. The van der Waals surface area contributed by atoms with Crippen LogP contribution in [0, 0.1) is 11.2 Å². The predicted molar refractivity (Wildman–Crippen MR) is 92.6 cm³/mol. The standard InChI is InChI=1S/C18H20FN3O4/c1-3-26-17(24)14(20)13-15(16(23)21-9-18(13)6-7-18)22-12-5-4-10(25-2)8-11(12)19/h4-5,8H,3,6-7,9,20H2,1-2H3,(H,21,23). The molecule has 1 aliphatic heterocycles. The van der Waals surface area contributed by atoms with E-state index in [0.29, 0.717) is 17.9 Å². The molecule has 0 atom stereocenters. The molecule has 8 heteroatoms. The molecule has 1 saturated carbocycles. The van der Waals surface area contributed by atoms with Crippen LogP contribution in [0.15, 0.2) is 34.5 Å². The fraction of sp³-hybridized carbons (Fsp3) is 0.389. The Labute approximate surface area is 150 Å². The molecular weight excluding hydrogens is 341 g/mol. The molecule has 0 bridgehead atoms. The number of rotatable bonds is 4. The molecule has 1 saturated heterocycles. The highest BCUT2D eigenvalue weighted by Gasteiger charge is 2.53. The minimum absolute atomic E-state index is 0.0391. The third-order valence-electron chi connectivity index (χ3n) is 4.57. The highest BCUT2D eigenvalue weighted by molar-refractivity contribution is 6.47. The number of nitrogens with two attached hydrogens (primary N) is 1. The Morgan fingerprint density at radius 1 is 1.42 bits per heavy atom. The fourth-order valence-corrected chi connectivity index (χ4v) is 3.02. The van der Waals surface area contributed by atoms with Crippen molar-refractivity contribution in [3.8, 4) is 5.75 Å². The van der Waals surface area contributed by atoms with Crippen molar-refractivity contribution in [1.82, 2.24) is 5.32 Å². The maximum absolute atomic E-state index is 14.3. The first kappa shape index (κ1) is 17.9. The Kier molecular flexibility index (Phi) is 4.67. The molecule has 0 unspecified atom stereocenters. The first-order chi connectivity index (χ1) is 12.4. The zero-order chi connectivity index (χ0) is 18.9. The summed E-state index contributed by atoms with van der Waals surface area (Å²) in [6, 6.07) is 4.11. The number of ether oxygens (including phenoxy) is 2. The molecule has 3 rings (SSSR count). The smallest absolute Gasteiger partial charge is 0.354 e. The van der Waals surface area contributed by atoms with E-state index < -0.39 is 23.1 Å². The summed E-state index contributed by atoms with van der Waals surface area (Å²) in [6.07, 6.45) is 1.51. The van der Waals surface area contributed by atoms with Crippen molar-refractivity contribution in [3.05, 3.63) is 35.3 Å². The monoisotopic (exact) mass is 361 g/mol. The Hall–Kier alpha value is -2.90. The van der Waals surface area contributed by atoms with Gasteiger partial charge in [0.2, 0.25) is 0 Å². The molecular formula is C18H20FN3O4. The van der Waals surface area contributed by atoms with Gasteiger partial charge >= 0.3 is 5.97 Å². The van der Waals surface area contributed by atoms with Crippen LogP contribution in [0.1, 0.15) is 19.8 Å². The lowest BCUT2D eigenvalue weighted by molar-refractivity contribution is -0.138. The molecule has 1 spiro atoms. The quantitative estimate of drug-likeness (QED) is 0.626. The Morgan fingerprint density at radius 3 is 2.73 bits per heavy atom. The van der Waals surface area contributed by atoms with E-state index in [9.17, 15) is 14.0 Å². The van der Waals surface area contributed by atoms with Gasteiger partial charge < -0.3 is 20.5 Å². The minimum atomic E-state index is -0.702. The summed E-state index contributed by atoms with van der Waals surface area (Å²) in [5.41, 5.74) is 5.68. The normalized spacial score (nSPS) is 21.3. The number of piperidine rings is 1. The number of nitrogens with one attached hydrogen (secondary N) is 1. The number of benzene rings is 1. The number of nitrogens with zero attached hydrogens (tertiary/aromatic N) is 1. The first-order valence-electron chi connectivity index (χ1n) is 8.30. The number of aliphatic imine (C=N–C) groups is 1. The SMILES string of the molecule is CCOC(=O)C(N)=C1C(=Nc2ccc(OC)cc2F)C(=O)NCC12CC2. The lowest BCUT2D eigenvalue weighted by atomic mass is 9.86. The van der Waals surface area contributed by atoms with Crippen LogP contribution in [0.5, 0.6) is 5.75 Å². The van der Waals surface area contributed by atoms with E-state index in [1.54, 1.807) is 6.92 Å². The topological polar surface area (TPSA) is 103 Å². The van der Waals surface area contributed by atoms with Gasteiger partial charge in [0.05, 0.1) is 19.4 Å². The van der Waals surface area contributed by atoms with Crippen LogP contribution in [0.25, 0.3) is 0 Å². The molecule has 0 radical (unpaired) electrons. The molecule has 2 aliphatic rings. The van der Waals surface area contributed by atoms with E-state index in [1.807, 2.05) is 0 Å². The second-order valence-electron chi connectivity index (χ2n) is 6.25. The predicted octanol–water partition coefficient (Wildman–Crippen LogP) is 1.59. The maximum Gasteiger partial charge on any atom is 0.354 e. The first-order valence-corrected chi connectivity index (χ1v) is 8.30. The van der Waals surface area contributed by atoms with Crippen molar-refractivity contribution in [3.63, 3.8) is 0 Å². The molecule has 138 valence electrons. The van der Waals surface area contributed by atoms with Crippen molar-refractivity contribution >= 4 is 23.3 Å². The van der Waals surface area contributed by atoms with Gasteiger partial charge in [-0.15, -0.1) is 0 Å². The van der Waals surface area contributed by atoms with Gasteiger partial charge in [-0.1, -0.05) is 0 Å². The highest BCUT2D eigenvalue weighted by Crippen LogP contribution is 2.54. The summed E-state index contributed by atoms with van der Waals surface area (Å²) in [5, 5.41) is 2.74. The summed E-state index contributed by atoms with van der Waals surface area (Å²) in [7, 11) is 1.42. The van der Waals surface area contributed by atoms with E-state index in [0.717, 1.165) is 12.8 Å². The molecule has 3 N–H and O–H groups in total. The van der Waals surface area contributed by atoms with E-state index in [1.165, 1.54) is 25.3 Å². The second kappa shape index (κ2) is 6.78. The van der Waals surface area contributed by atoms with Crippen LogP contribution in [0.3, 0.4) is 0 Å². The Bertz CT molecular complexity index is 828. The number of amides is 1. The van der Waals surface area contributed by atoms with Crippen LogP contribution in [0.4, 0.5) is 10.1 Å². The van der Waals surface area contributed by atoms with Crippen LogP contribution >= 0.6 is 0 Å². The largest absolute Gasteiger partial charge is 0.497 e. The van der Waals surface area contributed by atoms with Crippen molar-refractivity contribution in [2.24, 2.45) is 16.1 Å². The van der Waals surface area contributed by atoms with Gasteiger partial charge in [-0.3, -0.25) is 4.79 Å². The van der Waals surface area contributed by atoms with E-state index >= 15 is 0 Å². The number of hydrogen-bond acceptors (Lipinski definition) is 6. The van der Waals surface area contributed by atoms with Gasteiger partial charge in [-0.25, -0.2) is 14.2 Å². The zero-order valence-corrected chi connectivity index (χ0v) is 14.6. The number of esters is 1. The van der Waals surface area contributed by atoms with Crippen molar-refractivity contribution in [1.29, 1.82) is 0 Å². The molecule has 1 amide bonds. The second-order valence-corrected chi connectivity index (χ2v) is 6.25. The third-order valence-corrected chi connectivity index (χ3v) is 4.57. The highest BCUT2D eigenvalue weighted by atomic mass is 19.1. The third kappa shape index (κ3) is 3.14. The van der Waals surface area contributed by atoms with E-state index in [-0.39, 0.29) is 23.7 Å². The van der Waals surface area contributed by atoms with Crippen molar-refractivity contribution < 1.29 is 23.5 Å². The molecule has 0 aromatic heterocycles. The van der Waals surface area contributed by atoms with Gasteiger partial charge in [-0.05, 0) is 31.9 Å². The average Bonchev–Trinajstić information content (AvgIpc) is 3.40. The summed E-state index contributed by atoms with van der Waals surface area (Å²) in [6.45, 7) is 2.19. The molecule has 1 heterocycles. The number of methoxy groups -OCH3 is 1. The summed E-state index contributed by atoms with van der Waals surface area (Å²) < 4.78 is 24.2. The Balaban J connectivity index is 2.11. The molecule has 2 fully saturated rings. The number of carbonyl (C=O) groups excluding carboxylic acids is 2. The van der Waals surface area contributed by atoms with Crippen LogP contribution in [0.2, 0.25) is 0 Å². The summed E-state index contributed by atoms with van der Waals surface area (Å²) in [4.78, 5) is 28.7. The van der Waals surface area contributed by atoms with Gasteiger partial charge in [0.1, 0.15) is 17.2 Å². The van der Waals surface area contributed by atoms with Gasteiger partial charge in [0.25, 0.3) is 5.91 Å². The fourth-order valence-electron chi connectivity index (χ4n) is 3.02. The van der Waals surface area contributed by atoms with Gasteiger partial charge in [-0.2, -0.15) is 0 Å². The summed E-state index contributed by atoms with van der Waals surface area (Å²) >= 11 is 0. The molecule has 1 aromatic carbocycles. The zero-order valence-electron chi connectivity index (χ0n) is 14.6. The number of halogens is 1.